The molecule has 46 heteroatoms. The highest BCUT2D eigenvalue weighted by Gasteiger charge is 2.40. The summed E-state index contributed by atoms with van der Waals surface area (Å²) in [6, 6.07) is -16.1. The first-order chi connectivity index (χ1) is 55.7. The van der Waals surface area contributed by atoms with Gasteiger partial charge in [0.15, 0.2) is 0 Å². The number of aliphatic hydroxyl groups is 4. The molecule has 32 N–H and O–H groups in total. The van der Waals surface area contributed by atoms with E-state index in [-0.39, 0.29) is 60.8 Å². The highest BCUT2D eigenvalue weighted by Crippen LogP contribution is 2.18. The number of hydrogen-bond acceptors (Lipinski definition) is 27. The number of phenolic OH excluding ortho intramolecular Hbond substituents is 2. The maximum Gasteiger partial charge on any atom is 0.326 e. The van der Waals surface area contributed by atoms with Crippen LogP contribution >= 0.6 is 0 Å². The smallest absolute Gasteiger partial charge is 0.326 e. The van der Waals surface area contributed by atoms with Crippen molar-refractivity contribution < 1.29 is 137 Å². The van der Waals surface area contributed by atoms with Gasteiger partial charge in [0.05, 0.1) is 38.3 Å². The number of rotatable bonds is 56. The first-order valence-electron chi connectivity index (χ1n) is 37.8. The average Bonchev–Trinajstić information content (AvgIpc) is 0.840. The minimum Gasteiger partial charge on any atom is -0.508 e. The minimum absolute atomic E-state index is 0.0509. The Morgan fingerprint density at radius 1 is 0.361 bits per heavy atom. The lowest BCUT2D eigenvalue weighted by Gasteiger charge is -2.30. The zero-order chi connectivity index (χ0) is 90.2. The number of amides is 16. The normalized spacial score (nSPS) is 15.4. The summed E-state index contributed by atoms with van der Waals surface area (Å²) in [5, 5.41) is 120. The molecular formula is C73H112N18O28. The van der Waals surface area contributed by atoms with Crippen molar-refractivity contribution in [2.24, 2.45) is 40.5 Å². The van der Waals surface area contributed by atoms with Gasteiger partial charge in [-0.1, -0.05) is 58.4 Å². The Kier molecular flexibility index (Phi) is 44.7. The number of benzene rings is 2. The summed E-state index contributed by atoms with van der Waals surface area (Å²) in [5.74, 6) is -26.2. The van der Waals surface area contributed by atoms with Gasteiger partial charge in [0, 0.05) is 32.1 Å². The number of nitrogens with one attached hydrogen (secondary N) is 13. The van der Waals surface area contributed by atoms with Crippen LogP contribution < -0.4 is 97.8 Å². The molecule has 46 nitrogen and oxygen atoms in total. The number of aliphatic hydroxyl groups excluding tert-OH is 4. The monoisotopic (exact) mass is 1690 g/mol. The molecule has 0 bridgehead atoms. The SMILES string of the molecule is CC[C@H](C)[C@H](NC(=O)[C@@H](NC(=O)[C@H](CCC(=O)O)NC(=O)[C@H](CC(C)C)NC(=O)[C@@H](N)[C@@H](C)O)[C@@H](C)O)C(=O)N[C@@H](Cc1ccc(O)cc1)C(=O)N[C@@H](CC(N)=O)C(=O)N[C@@H](CO)C(=O)N[C@@H](CCC(N)=O)C(=O)N[C@@H](Cc1ccc(O)cc1)C(=O)N[C@@H](CO)C(=O)N[C@@H](CC(N)=O)C(=O)N[C@@H](CCC(=O)O)C(=O)N[C@@H](CCCCN)C(=O)O. The van der Waals surface area contributed by atoms with Crippen molar-refractivity contribution in [3.63, 3.8) is 0 Å². The average molecular weight is 1690 g/mol. The number of primary amides is 3. The van der Waals surface area contributed by atoms with Gasteiger partial charge in [-0.3, -0.25) is 86.3 Å². The van der Waals surface area contributed by atoms with Gasteiger partial charge < -0.3 is 144 Å². The Morgan fingerprint density at radius 3 is 1.03 bits per heavy atom. The highest BCUT2D eigenvalue weighted by atomic mass is 16.4. The molecule has 0 spiro atoms. The van der Waals surface area contributed by atoms with Crippen molar-refractivity contribution in [2.45, 2.75) is 235 Å². The fourth-order valence-electron chi connectivity index (χ4n) is 11.2. The third kappa shape index (κ3) is 37.7. The Balaban J connectivity index is 2.59. The molecule has 0 radical (unpaired) electrons. The van der Waals surface area contributed by atoms with Crippen LogP contribution in [0.4, 0.5) is 0 Å². The molecule has 119 heavy (non-hydrogen) atoms. The molecule has 0 unspecified atom stereocenters. The van der Waals surface area contributed by atoms with Crippen molar-refractivity contribution in [3.8, 4) is 11.5 Å². The quantitative estimate of drug-likeness (QED) is 0.0274. The predicted octanol–water partition coefficient (Wildman–Crippen LogP) is -9.69. The number of carboxylic acid groups (broad SMARTS) is 3. The van der Waals surface area contributed by atoms with Gasteiger partial charge in [-0.2, -0.15) is 0 Å². The standard InChI is InChI=1S/C73H112N18O28/c1-7-34(4)58(90-72(117)59(36(6)95)91-62(107)43(21-24-56(103)104)80-63(108)45(26-33(2)3)86-70(115)57(78)35(5)94)71(116)87-47(28-38-13-17-40(97)18-14-38)64(109)84-49(30-54(77)100)67(112)89-50(31-92)68(113)81-41(19-22-52(75)98)61(106)83-46(27-37-11-15-39(96)16-12-37)65(110)88-51(32-93)69(114)85-48(29-53(76)99)66(111)79-42(20-23-55(101)102)60(105)82-44(73(118)119)10-8-9-25-74/h11-18,33-36,41-51,57-59,92-97H,7-10,19-32,74,78H2,1-6H3,(H2,75,98)(H2,76,99)(H2,77,100)(H,79,111)(H,80,108)(H,81,113)(H,82,105)(H,83,106)(H,84,109)(H,85,114)(H,86,115)(H,87,116)(H,88,110)(H,89,112)(H,90,117)(H,91,107)(H,101,102)(H,103,104)(H,118,119)/t34-,35+,36+,41-,42-,43-,44-,45-,46-,47-,48-,49-,50-,51-,57-,58-,59-/m0/s1. The second kappa shape index (κ2) is 51.7. The van der Waals surface area contributed by atoms with Crippen molar-refractivity contribution in [2.75, 3.05) is 19.8 Å². The number of aromatic hydroxyl groups is 2. The summed E-state index contributed by atoms with van der Waals surface area (Å²) in [7, 11) is 0. The Morgan fingerprint density at radius 2 is 0.681 bits per heavy atom. The Hall–Kier alpha value is -12.3. The Bertz CT molecular complexity index is 3850. The van der Waals surface area contributed by atoms with Crippen LogP contribution in [0.15, 0.2) is 48.5 Å². The number of unbranched alkanes of at least 4 members (excludes halogenated alkanes) is 1. The van der Waals surface area contributed by atoms with Crippen LogP contribution in [0.5, 0.6) is 11.5 Å². The second-order valence-electron chi connectivity index (χ2n) is 28.6. The van der Waals surface area contributed by atoms with Gasteiger partial charge in [-0.05, 0) is 113 Å². The summed E-state index contributed by atoms with van der Waals surface area (Å²) < 4.78 is 0. The fourth-order valence-corrected chi connectivity index (χ4v) is 11.2. The lowest BCUT2D eigenvalue weighted by molar-refractivity contribution is -0.143. The van der Waals surface area contributed by atoms with Crippen LogP contribution in [-0.2, 0) is 104 Å². The number of nitrogens with two attached hydrogens (primary N) is 5. The summed E-state index contributed by atoms with van der Waals surface area (Å²) in [5.41, 5.74) is 27.9. The molecule has 0 aliphatic carbocycles. The molecule has 0 aliphatic rings. The van der Waals surface area contributed by atoms with E-state index in [2.05, 4.69) is 69.1 Å². The van der Waals surface area contributed by atoms with E-state index < -0.39 is 293 Å². The summed E-state index contributed by atoms with van der Waals surface area (Å²) in [4.78, 5) is 255. The topological polar surface area (TPSA) is 793 Å². The van der Waals surface area contributed by atoms with Crippen molar-refractivity contribution in [1.29, 1.82) is 0 Å². The van der Waals surface area contributed by atoms with E-state index in [1.807, 2.05) is 0 Å². The molecule has 0 heterocycles. The second-order valence-corrected chi connectivity index (χ2v) is 28.6. The molecule has 2 aromatic carbocycles. The third-order valence-corrected chi connectivity index (χ3v) is 18.2. The molecule has 662 valence electrons. The molecule has 0 fully saturated rings. The molecule has 17 atom stereocenters. The van der Waals surface area contributed by atoms with Crippen LogP contribution in [0.25, 0.3) is 0 Å². The maximum absolute atomic E-state index is 14.6. The van der Waals surface area contributed by atoms with E-state index in [0.29, 0.717) is 6.42 Å². The van der Waals surface area contributed by atoms with E-state index >= 15 is 0 Å². The van der Waals surface area contributed by atoms with Crippen LogP contribution in [-0.4, -0.2) is 275 Å². The van der Waals surface area contributed by atoms with Gasteiger partial charge >= 0.3 is 17.9 Å². The number of hydrogen-bond donors (Lipinski definition) is 27. The van der Waals surface area contributed by atoms with E-state index in [4.69, 9.17) is 28.7 Å². The predicted molar refractivity (Wildman–Crippen MR) is 413 cm³/mol. The molecule has 2 rings (SSSR count). The zero-order valence-corrected chi connectivity index (χ0v) is 66.4. The lowest BCUT2D eigenvalue weighted by Crippen LogP contribution is -2.63. The largest absolute Gasteiger partial charge is 0.508 e. The molecular weight excluding hydrogens is 1580 g/mol. The molecule has 0 saturated carbocycles. The highest BCUT2D eigenvalue weighted by molar-refractivity contribution is 6.02. The molecule has 0 saturated heterocycles. The van der Waals surface area contributed by atoms with Crippen LogP contribution in [0, 0.1) is 11.8 Å². The van der Waals surface area contributed by atoms with Crippen LogP contribution in [0.1, 0.15) is 136 Å². The van der Waals surface area contributed by atoms with Gasteiger partial charge in [0.1, 0.15) is 96.1 Å². The lowest BCUT2D eigenvalue weighted by atomic mass is 9.96. The van der Waals surface area contributed by atoms with E-state index in [9.17, 15) is 137 Å². The number of carbonyl (C=O) groups excluding carboxylic acids is 16. The minimum atomic E-state index is -2.17. The van der Waals surface area contributed by atoms with Crippen LogP contribution in [0.2, 0.25) is 0 Å². The Labute approximate surface area is 682 Å². The number of carboxylic acids is 3. The molecule has 0 aliphatic heterocycles. The number of phenols is 2. The van der Waals surface area contributed by atoms with E-state index in [1.165, 1.54) is 50.2 Å². The van der Waals surface area contributed by atoms with Gasteiger partial charge in [0.2, 0.25) is 94.5 Å². The fraction of sp³-hybridized carbons (Fsp3) is 0.575. The molecule has 2 aromatic rings. The number of aliphatic carboxylic acids is 3. The zero-order valence-electron chi connectivity index (χ0n) is 66.4. The van der Waals surface area contributed by atoms with Crippen molar-refractivity contribution >= 4 is 112 Å². The van der Waals surface area contributed by atoms with Gasteiger partial charge in [0.25, 0.3) is 0 Å². The summed E-state index contributed by atoms with van der Waals surface area (Å²) in [6.45, 7) is 6.20. The summed E-state index contributed by atoms with van der Waals surface area (Å²) >= 11 is 0. The van der Waals surface area contributed by atoms with E-state index in [0.717, 1.165) is 19.1 Å². The maximum atomic E-state index is 14.6. The van der Waals surface area contributed by atoms with Gasteiger partial charge in [-0.25, -0.2) is 4.79 Å². The first-order valence-corrected chi connectivity index (χ1v) is 37.8. The van der Waals surface area contributed by atoms with Crippen LogP contribution in [0.3, 0.4) is 0 Å². The molecule has 0 aromatic heterocycles. The first kappa shape index (κ1) is 103. The number of carbonyl (C=O) groups is 19. The summed E-state index contributed by atoms with van der Waals surface area (Å²) in [6.07, 6.45) is -10.1. The third-order valence-electron chi connectivity index (χ3n) is 18.2. The van der Waals surface area contributed by atoms with Gasteiger partial charge in [-0.15, -0.1) is 0 Å². The van der Waals surface area contributed by atoms with E-state index in [1.54, 1.807) is 20.8 Å². The molecule has 16 amide bonds. The van der Waals surface area contributed by atoms with Crippen molar-refractivity contribution in [3.05, 3.63) is 59.7 Å². The van der Waals surface area contributed by atoms with Crippen molar-refractivity contribution in [1.82, 2.24) is 69.1 Å².